The monoisotopic (exact) mass is 249 g/mol. The fraction of sp³-hybridized carbons (Fsp3) is 0.235. The minimum absolute atomic E-state index is 0.0623. The zero-order chi connectivity index (χ0) is 12.9. The first-order valence-electron chi connectivity index (χ1n) is 6.82. The van der Waals surface area contributed by atoms with E-state index in [9.17, 15) is 4.79 Å². The molecule has 1 aliphatic heterocycles. The standard InChI is InChI=1S/C17H15NO/c19-16-13-8-2-4-10-15(13)17(18-16)11-5-7-12-6-1-3-9-14(12)17/h1-4,6,8-10H,5,7,11H2,(H,18,19). The number of fused-ring (bicyclic) bond motifs is 4. The van der Waals surface area contributed by atoms with Crippen LogP contribution in [0.5, 0.6) is 0 Å². The first kappa shape index (κ1) is 10.8. The number of amides is 1. The minimum Gasteiger partial charge on any atom is -0.338 e. The number of nitrogens with one attached hydrogen (secondary N) is 1. The average Bonchev–Trinajstić information content (AvgIpc) is 2.74. The predicted molar refractivity (Wildman–Crippen MR) is 74.1 cm³/mol. The van der Waals surface area contributed by atoms with Crippen LogP contribution < -0.4 is 5.32 Å². The van der Waals surface area contributed by atoms with Crippen LogP contribution in [0.1, 0.15) is 39.9 Å². The van der Waals surface area contributed by atoms with Crippen molar-refractivity contribution in [1.29, 1.82) is 0 Å². The Morgan fingerprint density at radius 3 is 2.58 bits per heavy atom. The van der Waals surface area contributed by atoms with Gasteiger partial charge in [-0.05, 0) is 42.0 Å². The Labute approximate surface area is 112 Å². The second kappa shape index (κ2) is 3.70. The number of hydrogen-bond donors (Lipinski definition) is 1. The molecule has 0 saturated heterocycles. The molecule has 2 nitrogen and oxygen atoms in total. The van der Waals surface area contributed by atoms with E-state index in [0.29, 0.717) is 0 Å². The molecule has 4 rings (SSSR count). The van der Waals surface area contributed by atoms with E-state index in [1.807, 2.05) is 18.2 Å². The van der Waals surface area contributed by atoms with Crippen LogP contribution in [0.25, 0.3) is 0 Å². The maximum absolute atomic E-state index is 12.2. The van der Waals surface area contributed by atoms with Gasteiger partial charge in [0.05, 0.1) is 5.54 Å². The average molecular weight is 249 g/mol. The van der Waals surface area contributed by atoms with Crippen molar-refractivity contribution in [3.63, 3.8) is 0 Å². The summed E-state index contributed by atoms with van der Waals surface area (Å²) >= 11 is 0. The zero-order valence-electron chi connectivity index (χ0n) is 10.6. The Hall–Kier alpha value is -2.09. The Morgan fingerprint density at radius 1 is 0.947 bits per heavy atom. The number of aryl methyl sites for hydroxylation is 1. The first-order valence-corrected chi connectivity index (χ1v) is 6.82. The molecule has 0 aromatic heterocycles. The molecule has 0 fully saturated rings. The molecule has 1 aliphatic carbocycles. The lowest BCUT2D eigenvalue weighted by atomic mass is 9.73. The summed E-state index contributed by atoms with van der Waals surface area (Å²) in [6.45, 7) is 0. The maximum atomic E-state index is 12.2. The highest BCUT2D eigenvalue weighted by molar-refractivity contribution is 6.00. The van der Waals surface area contributed by atoms with E-state index < -0.39 is 0 Å². The maximum Gasteiger partial charge on any atom is 0.252 e. The summed E-state index contributed by atoms with van der Waals surface area (Å²) in [6, 6.07) is 16.5. The molecule has 94 valence electrons. The highest BCUT2D eigenvalue weighted by atomic mass is 16.2. The first-order chi connectivity index (χ1) is 9.31. The molecule has 19 heavy (non-hydrogen) atoms. The Kier molecular flexibility index (Phi) is 2.10. The van der Waals surface area contributed by atoms with Gasteiger partial charge in [-0.15, -0.1) is 0 Å². The van der Waals surface area contributed by atoms with Crippen LogP contribution in [0, 0.1) is 0 Å². The topological polar surface area (TPSA) is 29.1 Å². The molecule has 2 aromatic carbocycles. The molecule has 1 N–H and O–H groups in total. The van der Waals surface area contributed by atoms with Gasteiger partial charge in [0.25, 0.3) is 5.91 Å². The second-order valence-electron chi connectivity index (χ2n) is 5.42. The molecular weight excluding hydrogens is 234 g/mol. The Morgan fingerprint density at radius 2 is 1.68 bits per heavy atom. The second-order valence-corrected chi connectivity index (χ2v) is 5.42. The molecule has 1 spiro atoms. The van der Waals surface area contributed by atoms with E-state index in [2.05, 4.69) is 35.6 Å². The summed E-state index contributed by atoms with van der Waals surface area (Å²) in [5.74, 6) is 0.0623. The third-order valence-electron chi connectivity index (χ3n) is 4.43. The van der Waals surface area contributed by atoms with Gasteiger partial charge in [0, 0.05) is 5.56 Å². The lowest BCUT2D eigenvalue weighted by Gasteiger charge is -2.36. The smallest absolute Gasteiger partial charge is 0.252 e. The number of carbonyl (C=O) groups excluding carboxylic acids is 1. The van der Waals surface area contributed by atoms with Crippen molar-refractivity contribution in [1.82, 2.24) is 5.32 Å². The fourth-order valence-electron chi connectivity index (χ4n) is 3.62. The Bertz CT molecular complexity index is 676. The van der Waals surface area contributed by atoms with Crippen molar-refractivity contribution in [2.45, 2.75) is 24.8 Å². The number of rotatable bonds is 0. The van der Waals surface area contributed by atoms with Gasteiger partial charge in [0.1, 0.15) is 0 Å². The SMILES string of the molecule is O=C1NC2(CCCc3ccccc32)c2ccccc21. The van der Waals surface area contributed by atoms with E-state index in [4.69, 9.17) is 0 Å². The van der Waals surface area contributed by atoms with Crippen molar-refractivity contribution in [2.75, 3.05) is 0 Å². The highest BCUT2D eigenvalue weighted by Gasteiger charge is 2.45. The summed E-state index contributed by atoms with van der Waals surface area (Å²) in [5, 5.41) is 3.25. The summed E-state index contributed by atoms with van der Waals surface area (Å²) in [6.07, 6.45) is 3.22. The summed E-state index contributed by atoms with van der Waals surface area (Å²) < 4.78 is 0. The molecule has 1 unspecified atom stereocenters. The van der Waals surface area contributed by atoms with Gasteiger partial charge < -0.3 is 5.32 Å². The van der Waals surface area contributed by atoms with Crippen LogP contribution >= 0.6 is 0 Å². The van der Waals surface area contributed by atoms with Crippen molar-refractivity contribution >= 4 is 5.91 Å². The molecule has 2 aromatic rings. The van der Waals surface area contributed by atoms with Crippen molar-refractivity contribution in [2.24, 2.45) is 0 Å². The van der Waals surface area contributed by atoms with Gasteiger partial charge in [-0.2, -0.15) is 0 Å². The van der Waals surface area contributed by atoms with Gasteiger partial charge >= 0.3 is 0 Å². The van der Waals surface area contributed by atoms with Crippen LogP contribution in [0.4, 0.5) is 0 Å². The van der Waals surface area contributed by atoms with Crippen LogP contribution in [-0.2, 0) is 12.0 Å². The molecular formula is C17H15NO. The lowest BCUT2D eigenvalue weighted by molar-refractivity contribution is 0.0935. The molecule has 1 amide bonds. The number of benzene rings is 2. The molecule has 0 radical (unpaired) electrons. The minimum atomic E-state index is -0.289. The summed E-state index contributed by atoms with van der Waals surface area (Å²) in [4.78, 5) is 12.2. The summed E-state index contributed by atoms with van der Waals surface area (Å²) in [5.41, 5.74) is 4.33. The fourth-order valence-corrected chi connectivity index (χ4v) is 3.62. The molecule has 2 heteroatoms. The zero-order valence-corrected chi connectivity index (χ0v) is 10.6. The van der Waals surface area contributed by atoms with Gasteiger partial charge in [-0.3, -0.25) is 4.79 Å². The number of hydrogen-bond acceptors (Lipinski definition) is 1. The largest absolute Gasteiger partial charge is 0.338 e. The van der Waals surface area contributed by atoms with Crippen molar-refractivity contribution in [3.8, 4) is 0 Å². The quantitative estimate of drug-likeness (QED) is 0.764. The van der Waals surface area contributed by atoms with E-state index in [1.54, 1.807) is 0 Å². The molecule has 0 saturated carbocycles. The third kappa shape index (κ3) is 1.34. The normalized spacial score (nSPS) is 23.9. The molecule has 1 atom stereocenters. The lowest BCUT2D eigenvalue weighted by Crippen LogP contribution is -2.43. The van der Waals surface area contributed by atoms with Gasteiger partial charge in [-0.1, -0.05) is 42.5 Å². The molecule has 0 bridgehead atoms. The Balaban J connectivity index is 2.01. The van der Waals surface area contributed by atoms with Crippen LogP contribution in [0.3, 0.4) is 0 Å². The van der Waals surface area contributed by atoms with Gasteiger partial charge in [0.15, 0.2) is 0 Å². The van der Waals surface area contributed by atoms with E-state index in [1.165, 1.54) is 11.1 Å². The highest BCUT2D eigenvalue weighted by Crippen LogP contribution is 2.44. The van der Waals surface area contributed by atoms with Gasteiger partial charge in [0.2, 0.25) is 0 Å². The van der Waals surface area contributed by atoms with E-state index in [0.717, 1.165) is 30.4 Å². The third-order valence-corrected chi connectivity index (χ3v) is 4.43. The summed E-state index contributed by atoms with van der Waals surface area (Å²) in [7, 11) is 0. The molecule has 2 aliphatic rings. The van der Waals surface area contributed by atoms with Crippen LogP contribution in [0.15, 0.2) is 48.5 Å². The van der Waals surface area contributed by atoms with Crippen LogP contribution in [-0.4, -0.2) is 5.91 Å². The number of carbonyl (C=O) groups is 1. The van der Waals surface area contributed by atoms with Crippen molar-refractivity contribution < 1.29 is 4.79 Å². The van der Waals surface area contributed by atoms with E-state index in [-0.39, 0.29) is 11.4 Å². The molecule has 1 heterocycles. The van der Waals surface area contributed by atoms with E-state index >= 15 is 0 Å². The van der Waals surface area contributed by atoms with Crippen LogP contribution in [0.2, 0.25) is 0 Å². The van der Waals surface area contributed by atoms with Gasteiger partial charge in [-0.25, -0.2) is 0 Å². The predicted octanol–water partition coefficient (Wildman–Crippen LogP) is 3.01. The van der Waals surface area contributed by atoms with Crippen molar-refractivity contribution in [3.05, 3.63) is 70.8 Å².